The Morgan fingerprint density at radius 1 is 1.23 bits per heavy atom. The summed E-state index contributed by atoms with van der Waals surface area (Å²) >= 11 is 12.4. The van der Waals surface area contributed by atoms with Crippen molar-refractivity contribution < 1.29 is 19.6 Å². The summed E-state index contributed by atoms with van der Waals surface area (Å²) in [5, 5.41) is 10.7. The summed E-state index contributed by atoms with van der Waals surface area (Å²) in [7, 11) is 1.59. The van der Waals surface area contributed by atoms with Gasteiger partial charge in [0, 0.05) is 57.8 Å². The zero-order chi connectivity index (χ0) is 22.5. The maximum Gasteiger partial charge on any atom is 0.278 e. The van der Waals surface area contributed by atoms with Crippen LogP contribution in [0.25, 0.3) is 0 Å². The molecule has 10 heteroatoms. The molecule has 31 heavy (non-hydrogen) atoms. The van der Waals surface area contributed by atoms with Gasteiger partial charge in [-0.3, -0.25) is 19.9 Å². The number of ether oxygens (including phenoxy) is 1. The molecule has 0 aromatic heterocycles. The number of carbonyl (C=O) groups is 2. The molecule has 2 fully saturated rings. The highest BCUT2D eigenvalue weighted by Gasteiger charge is 2.28. The third kappa shape index (κ3) is 5.50. The largest absolute Gasteiger partial charge is 0.495 e. The summed E-state index contributed by atoms with van der Waals surface area (Å²) in [6.45, 7) is 5.15. The van der Waals surface area contributed by atoms with Crippen molar-refractivity contribution in [1.29, 1.82) is 5.41 Å². The molecule has 3 rings (SSSR count). The number of quaternary nitrogens is 1. The monoisotopic (exact) mass is 468 g/mol. The fourth-order valence-corrected chi connectivity index (χ4v) is 4.08. The second kappa shape index (κ2) is 10.3. The molecule has 1 aromatic rings. The molecule has 3 N–H and O–H groups in total. The molecule has 0 saturated carbocycles. The number of nitrogens with one attached hydrogen (secondary N) is 1. The van der Waals surface area contributed by atoms with Gasteiger partial charge in [0.2, 0.25) is 5.91 Å². The zero-order valence-corrected chi connectivity index (χ0v) is 19.3. The number of amidine groups is 1. The van der Waals surface area contributed by atoms with Gasteiger partial charge in [0.15, 0.2) is 12.4 Å². The molecule has 0 bridgehead atoms. The van der Waals surface area contributed by atoms with E-state index in [-0.39, 0.29) is 29.2 Å². The number of nitrogens with zero attached hydrogens (tertiary/aromatic N) is 3. The smallest absolute Gasteiger partial charge is 0.278 e. The first-order chi connectivity index (χ1) is 14.8. The number of likely N-dealkylation sites (tertiary alicyclic amines) is 1. The molecule has 0 aliphatic carbocycles. The van der Waals surface area contributed by atoms with E-state index in [4.69, 9.17) is 33.3 Å². The minimum Gasteiger partial charge on any atom is -0.495 e. The van der Waals surface area contributed by atoms with Gasteiger partial charge in [0.25, 0.3) is 5.91 Å². The molecule has 2 saturated heterocycles. The lowest BCUT2D eigenvalue weighted by molar-refractivity contribution is -0.595. The Kier molecular flexibility index (Phi) is 7.80. The summed E-state index contributed by atoms with van der Waals surface area (Å²) in [6.07, 6.45) is 1.18. The lowest BCUT2D eigenvalue weighted by Crippen LogP contribution is -2.84. The van der Waals surface area contributed by atoms with E-state index < -0.39 is 0 Å². The highest BCUT2D eigenvalue weighted by atomic mass is 35.5. The van der Waals surface area contributed by atoms with Crippen molar-refractivity contribution in [3.63, 3.8) is 0 Å². The molecule has 0 radical (unpaired) electrons. The van der Waals surface area contributed by atoms with E-state index >= 15 is 0 Å². The van der Waals surface area contributed by atoms with Gasteiger partial charge >= 0.3 is 0 Å². The van der Waals surface area contributed by atoms with E-state index in [1.54, 1.807) is 19.4 Å². The molecule has 8 nitrogen and oxygen atoms in total. The average Bonchev–Trinajstić information content (AvgIpc) is 3.22. The second-order valence-corrected chi connectivity index (χ2v) is 8.37. The topological polar surface area (TPSA) is 93.6 Å². The van der Waals surface area contributed by atoms with Crippen molar-refractivity contribution in [2.24, 2.45) is 0 Å². The summed E-state index contributed by atoms with van der Waals surface area (Å²) in [5.74, 6) is 0.578. The van der Waals surface area contributed by atoms with Crippen molar-refractivity contribution in [3.05, 3.63) is 34.0 Å². The SMILES string of the molecule is COc1cc(N2CCN(C(=O)C[NH2+]/C(C)=C(/Cl)C(=N)N3CCCC3=O)CC2)ccc1Cl. The molecule has 2 aliphatic heterocycles. The summed E-state index contributed by atoms with van der Waals surface area (Å²) in [6, 6.07) is 5.67. The van der Waals surface area contributed by atoms with E-state index in [0.717, 1.165) is 12.1 Å². The number of hydrogen-bond acceptors (Lipinski definition) is 5. The zero-order valence-electron chi connectivity index (χ0n) is 17.8. The van der Waals surface area contributed by atoms with E-state index in [1.165, 1.54) is 4.90 Å². The fraction of sp³-hybridized carbons (Fsp3) is 0.476. The van der Waals surface area contributed by atoms with E-state index in [0.29, 0.717) is 55.6 Å². The van der Waals surface area contributed by atoms with E-state index in [2.05, 4.69) is 4.90 Å². The van der Waals surface area contributed by atoms with Crippen LogP contribution in [-0.2, 0) is 9.59 Å². The maximum atomic E-state index is 12.6. The number of anilines is 1. The van der Waals surface area contributed by atoms with Crippen LogP contribution in [-0.4, -0.2) is 73.8 Å². The number of carbonyl (C=O) groups excluding carboxylic acids is 2. The van der Waals surface area contributed by atoms with Crippen LogP contribution >= 0.6 is 23.2 Å². The second-order valence-electron chi connectivity index (χ2n) is 7.59. The molecular weight excluding hydrogens is 441 g/mol. The lowest BCUT2D eigenvalue weighted by atomic mass is 10.2. The van der Waals surface area contributed by atoms with Crippen LogP contribution in [0.2, 0.25) is 5.02 Å². The first kappa shape index (κ1) is 23.4. The number of allylic oxidation sites excluding steroid dienone is 1. The van der Waals surface area contributed by atoms with Crippen molar-refractivity contribution in [2.75, 3.05) is 51.3 Å². The molecular formula is C21H28Cl2N5O3+. The number of benzene rings is 1. The molecule has 2 aliphatic rings. The first-order valence-corrected chi connectivity index (χ1v) is 11.0. The van der Waals surface area contributed by atoms with Crippen molar-refractivity contribution in [1.82, 2.24) is 9.80 Å². The molecule has 0 unspecified atom stereocenters. The molecule has 2 heterocycles. The number of nitrogens with two attached hydrogens (primary N) is 1. The van der Waals surface area contributed by atoms with Gasteiger partial charge in [-0.1, -0.05) is 23.2 Å². The van der Waals surface area contributed by atoms with Gasteiger partial charge in [-0.05, 0) is 18.6 Å². The van der Waals surface area contributed by atoms with Crippen molar-refractivity contribution >= 4 is 46.5 Å². The molecule has 0 spiro atoms. The third-order valence-corrected chi connectivity index (χ3v) is 6.40. The van der Waals surface area contributed by atoms with Crippen LogP contribution in [0.5, 0.6) is 5.75 Å². The number of halogens is 2. The highest BCUT2D eigenvalue weighted by Crippen LogP contribution is 2.29. The Hall–Kier alpha value is -2.29. The predicted octanol–water partition coefficient (Wildman–Crippen LogP) is 1.63. The summed E-state index contributed by atoms with van der Waals surface area (Å²) < 4.78 is 5.29. The van der Waals surface area contributed by atoms with Crippen LogP contribution in [0.15, 0.2) is 28.9 Å². The Bertz CT molecular complexity index is 897. The van der Waals surface area contributed by atoms with Gasteiger partial charge in [-0.25, -0.2) is 0 Å². The Morgan fingerprint density at radius 3 is 2.55 bits per heavy atom. The van der Waals surface area contributed by atoms with Gasteiger partial charge < -0.3 is 19.9 Å². The highest BCUT2D eigenvalue weighted by molar-refractivity contribution is 6.43. The summed E-state index contributed by atoms with van der Waals surface area (Å²) in [5.41, 5.74) is 1.65. The number of methoxy groups -OCH3 is 1. The number of hydrogen-bond donors (Lipinski definition) is 2. The van der Waals surface area contributed by atoms with E-state index in [1.807, 2.05) is 23.1 Å². The van der Waals surface area contributed by atoms with Gasteiger partial charge in [-0.2, -0.15) is 0 Å². The molecule has 0 atom stereocenters. The number of piperazine rings is 1. The third-order valence-electron chi connectivity index (χ3n) is 5.61. The summed E-state index contributed by atoms with van der Waals surface area (Å²) in [4.78, 5) is 29.9. The van der Waals surface area contributed by atoms with Crippen LogP contribution in [0.3, 0.4) is 0 Å². The van der Waals surface area contributed by atoms with E-state index in [9.17, 15) is 9.59 Å². The quantitative estimate of drug-likeness (QED) is 0.489. The van der Waals surface area contributed by atoms with Crippen LogP contribution < -0.4 is 15.0 Å². The van der Waals surface area contributed by atoms with Gasteiger partial charge in [0.1, 0.15) is 16.5 Å². The lowest BCUT2D eigenvalue weighted by Gasteiger charge is -2.36. The Labute approximate surface area is 192 Å². The van der Waals surface area contributed by atoms with Gasteiger partial charge in [0.05, 0.1) is 12.1 Å². The predicted molar refractivity (Wildman–Crippen MR) is 121 cm³/mol. The van der Waals surface area contributed by atoms with Crippen LogP contribution in [0.4, 0.5) is 5.69 Å². The minimum atomic E-state index is -0.0804. The number of rotatable bonds is 6. The Morgan fingerprint density at radius 2 is 1.94 bits per heavy atom. The number of amides is 2. The van der Waals surface area contributed by atoms with Crippen molar-refractivity contribution in [3.8, 4) is 5.75 Å². The minimum absolute atomic E-state index is 0.0115. The van der Waals surface area contributed by atoms with Crippen molar-refractivity contribution in [2.45, 2.75) is 19.8 Å². The maximum absolute atomic E-state index is 12.6. The fourth-order valence-electron chi connectivity index (χ4n) is 3.71. The average molecular weight is 469 g/mol. The van der Waals surface area contributed by atoms with Crippen LogP contribution in [0, 0.1) is 5.41 Å². The molecule has 2 amide bonds. The van der Waals surface area contributed by atoms with Crippen LogP contribution in [0.1, 0.15) is 19.8 Å². The van der Waals surface area contributed by atoms with Gasteiger partial charge in [-0.15, -0.1) is 0 Å². The molecule has 168 valence electrons. The first-order valence-electron chi connectivity index (χ1n) is 10.3. The Balaban J connectivity index is 1.50. The standard InChI is InChI=1S/C21H27Cl2N5O3/c1-14(20(23)21(24)28-7-3-4-18(28)29)25-13-19(30)27-10-8-26(9-11-27)15-5-6-16(22)17(12-15)31-2/h5-6,12,24-25H,3-4,7-11,13H2,1-2H3/p+1/b20-14+,24-21?. The normalized spacial score (nSPS) is 17.7. The molecule has 1 aromatic carbocycles.